The van der Waals surface area contributed by atoms with Crippen molar-refractivity contribution in [1.29, 1.82) is 0 Å². The summed E-state index contributed by atoms with van der Waals surface area (Å²) in [4.78, 5) is 38.3. The fraction of sp³-hybridized carbons (Fsp3) is 0.0889. The van der Waals surface area contributed by atoms with Gasteiger partial charge in [-0.15, -0.1) is 0 Å². The maximum Gasteiger partial charge on any atom is 0.262 e. The second kappa shape index (κ2) is 18.0. The minimum Gasteiger partial charge on any atom is -0.505 e. The molecule has 0 saturated heterocycles. The Balaban J connectivity index is 0.000000207. The van der Waals surface area contributed by atoms with Crippen molar-refractivity contribution in [2.45, 2.75) is 0 Å². The Morgan fingerprint density at radius 1 is 0.565 bits per heavy atom. The number of aromatic hydroxyl groups is 1. The van der Waals surface area contributed by atoms with Crippen LogP contribution in [-0.2, 0) is 14.1 Å². The number of anilines is 4. The molecule has 314 valence electrons. The van der Waals surface area contributed by atoms with Crippen molar-refractivity contribution >= 4 is 34.2 Å². The standard InChI is InChI=1S/C28H22F2N4O4.C17H13F2N3O2/c1-34-27(35)20(15-32-28(34)33-18-7-5-17(29)6-8-18)16-4-9-24(21(30)12-16)38-23-10-11-31-22-14-26(37-3)25(36-2)13-19(22)23;1-22-16(24)13(10-2-7-15(23)14(19)8-10)9-20-17(22)21-12-5-3-11(18)4-6-12/h4-15H,1-3H3,(H,32,33);2-9,23H,1H3,(H,20,21). The second-order valence-electron chi connectivity index (χ2n) is 13.4. The predicted molar refractivity (Wildman–Crippen MR) is 226 cm³/mol. The average Bonchev–Trinajstić information content (AvgIpc) is 3.27. The van der Waals surface area contributed by atoms with Crippen LogP contribution >= 0.6 is 0 Å². The molecule has 13 nitrogen and oxygen atoms in total. The van der Waals surface area contributed by atoms with Gasteiger partial charge in [-0.05, 0) is 96.1 Å². The maximum atomic E-state index is 15.2. The molecule has 62 heavy (non-hydrogen) atoms. The minimum absolute atomic E-state index is 0.0320. The molecular formula is C45H35F4N7O6. The van der Waals surface area contributed by atoms with E-state index in [4.69, 9.17) is 14.2 Å². The molecule has 0 spiro atoms. The van der Waals surface area contributed by atoms with Gasteiger partial charge in [0.2, 0.25) is 11.9 Å². The van der Waals surface area contributed by atoms with Crippen LogP contribution in [0.4, 0.5) is 40.8 Å². The van der Waals surface area contributed by atoms with Gasteiger partial charge in [0.05, 0.1) is 30.9 Å². The van der Waals surface area contributed by atoms with E-state index in [2.05, 4.69) is 25.6 Å². The Hall–Kier alpha value is -8.21. The van der Waals surface area contributed by atoms with E-state index in [-0.39, 0.29) is 51.5 Å². The number of aromatic nitrogens is 5. The van der Waals surface area contributed by atoms with Crippen LogP contribution in [0.1, 0.15) is 0 Å². The molecule has 0 radical (unpaired) electrons. The molecule has 3 N–H and O–H groups in total. The number of halogens is 4. The van der Waals surface area contributed by atoms with E-state index in [0.717, 1.165) is 6.07 Å². The first-order valence-corrected chi connectivity index (χ1v) is 18.5. The zero-order valence-corrected chi connectivity index (χ0v) is 33.3. The van der Waals surface area contributed by atoms with Crippen LogP contribution in [0.3, 0.4) is 0 Å². The highest BCUT2D eigenvalue weighted by atomic mass is 19.1. The SMILES string of the molecule is COc1cc2nccc(Oc3ccc(-c4cnc(Nc5ccc(F)cc5)n(C)c4=O)cc3F)c2cc1OC.Cn1c(Nc2ccc(F)cc2)ncc(-c2ccc(O)c(F)c2)c1=O. The number of nitrogens with zero attached hydrogens (tertiary/aromatic N) is 5. The number of nitrogens with one attached hydrogen (secondary N) is 2. The third-order valence-electron chi connectivity index (χ3n) is 9.47. The van der Waals surface area contributed by atoms with Crippen molar-refractivity contribution in [2.75, 3.05) is 24.9 Å². The summed E-state index contributed by atoms with van der Waals surface area (Å²) in [6, 6.07) is 24.2. The van der Waals surface area contributed by atoms with Gasteiger partial charge in [0.15, 0.2) is 34.6 Å². The summed E-state index contributed by atoms with van der Waals surface area (Å²) < 4.78 is 73.9. The first-order chi connectivity index (χ1) is 29.8. The number of pyridine rings is 1. The summed E-state index contributed by atoms with van der Waals surface area (Å²) in [5.41, 5.74) is 1.99. The molecular weight excluding hydrogens is 811 g/mol. The summed E-state index contributed by atoms with van der Waals surface area (Å²) in [5.74, 6) is -0.872. The zero-order valence-electron chi connectivity index (χ0n) is 33.3. The molecule has 0 aliphatic rings. The lowest BCUT2D eigenvalue weighted by Gasteiger charge is -2.14. The van der Waals surface area contributed by atoms with Crippen molar-refractivity contribution in [3.63, 3.8) is 0 Å². The van der Waals surface area contributed by atoms with Gasteiger partial charge in [0.25, 0.3) is 11.1 Å². The molecule has 17 heteroatoms. The van der Waals surface area contributed by atoms with Crippen LogP contribution in [0.2, 0.25) is 0 Å². The van der Waals surface area contributed by atoms with Crippen LogP contribution in [0, 0.1) is 23.3 Å². The van der Waals surface area contributed by atoms with Crippen molar-refractivity contribution < 1.29 is 36.9 Å². The molecule has 0 fully saturated rings. The highest BCUT2D eigenvalue weighted by Crippen LogP contribution is 2.38. The van der Waals surface area contributed by atoms with Crippen LogP contribution in [0.15, 0.2) is 131 Å². The average molecular weight is 846 g/mol. The molecule has 5 aromatic carbocycles. The normalized spacial score (nSPS) is 10.8. The fourth-order valence-electron chi connectivity index (χ4n) is 6.12. The van der Waals surface area contributed by atoms with Gasteiger partial charge in [-0.25, -0.2) is 27.5 Å². The quantitative estimate of drug-likeness (QED) is 0.113. The number of phenolic OH excluding ortho intramolecular Hbond substituents is 1. The monoisotopic (exact) mass is 845 g/mol. The van der Waals surface area contributed by atoms with Gasteiger partial charge in [-0.3, -0.25) is 23.7 Å². The summed E-state index contributed by atoms with van der Waals surface area (Å²) >= 11 is 0. The Kier molecular flexibility index (Phi) is 12.1. The van der Waals surface area contributed by atoms with Crippen molar-refractivity contribution in [3.8, 4) is 51.0 Å². The van der Waals surface area contributed by atoms with Gasteiger partial charge in [0, 0.05) is 55.5 Å². The van der Waals surface area contributed by atoms with Crippen LogP contribution in [-0.4, -0.2) is 43.4 Å². The van der Waals surface area contributed by atoms with Crippen LogP contribution in [0.25, 0.3) is 33.2 Å². The topological polar surface area (TPSA) is 155 Å². The van der Waals surface area contributed by atoms with E-state index in [1.165, 1.54) is 123 Å². The molecule has 3 heterocycles. The number of phenols is 1. The molecule has 0 unspecified atom stereocenters. The number of methoxy groups -OCH3 is 2. The molecule has 0 amide bonds. The first-order valence-electron chi connectivity index (χ1n) is 18.5. The summed E-state index contributed by atoms with van der Waals surface area (Å²) in [5, 5.41) is 15.7. The second-order valence-corrected chi connectivity index (χ2v) is 13.4. The molecule has 3 aromatic heterocycles. The van der Waals surface area contributed by atoms with E-state index in [1.807, 2.05) is 0 Å². The lowest BCUT2D eigenvalue weighted by Crippen LogP contribution is -2.22. The molecule has 0 aliphatic carbocycles. The van der Waals surface area contributed by atoms with E-state index in [1.54, 1.807) is 30.5 Å². The van der Waals surface area contributed by atoms with Crippen molar-refractivity contribution in [2.24, 2.45) is 14.1 Å². The van der Waals surface area contributed by atoms with Gasteiger partial charge in [-0.1, -0.05) is 12.1 Å². The molecule has 0 bridgehead atoms. The molecule has 0 atom stereocenters. The maximum absolute atomic E-state index is 15.2. The van der Waals surface area contributed by atoms with Gasteiger partial charge in [0.1, 0.15) is 17.4 Å². The molecule has 8 rings (SSSR count). The van der Waals surface area contributed by atoms with E-state index < -0.39 is 17.4 Å². The van der Waals surface area contributed by atoms with Gasteiger partial charge in [-0.2, -0.15) is 0 Å². The Bertz CT molecular complexity index is 3050. The molecule has 8 aromatic rings. The Labute approximate surface area is 350 Å². The minimum atomic E-state index is -0.817. The lowest BCUT2D eigenvalue weighted by atomic mass is 10.1. The van der Waals surface area contributed by atoms with Crippen LogP contribution in [0.5, 0.6) is 28.7 Å². The number of ether oxygens (including phenoxy) is 3. The number of fused-ring (bicyclic) bond motifs is 1. The molecule has 0 aliphatic heterocycles. The summed E-state index contributed by atoms with van der Waals surface area (Å²) in [6.07, 6.45) is 4.23. The number of benzene rings is 5. The number of hydrogen-bond donors (Lipinski definition) is 3. The Morgan fingerprint density at radius 2 is 1.06 bits per heavy atom. The van der Waals surface area contributed by atoms with Crippen LogP contribution < -0.4 is 36.0 Å². The van der Waals surface area contributed by atoms with Crippen molar-refractivity contribution in [3.05, 3.63) is 166 Å². The van der Waals surface area contributed by atoms with Gasteiger partial charge < -0.3 is 30.0 Å². The van der Waals surface area contributed by atoms with E-state index in [0.29, 0.717) is 50.7 Å². The largest absolute Gasteiger partial charge is 0.505 e. The van der Waals surface area contributed by atoms with E-state index in [9.17, 15) is 27.9 Å². The van der Waals surface area contributed by atoms with E-state index >= 15 is 4.39 Å². The summed E-state index contributed by atoms with van der Waals surface area (Å²) in [7, 11) is 6.10. The Morgan fingerprint density at radius 3 is 1.56 bits per heavy atom. The third kappa shape index (κ3) is 9.01. The fourth-order valence-corrected chi connectivity index (χ4v) is 6.12. The summed E-state index contributed by atoms with van der Waals surface area (Å²) in [6.45, 7) is 0. The van der Waals surface area contributed by atoms with Crippen molar-refractivity contribution in [1.82, 2.24) is 24.1 Å². The highest BCUT2D eigenvalue weighted by Gasteiger charge is 2.17. The zero-order chi connectivity index (χ0) is 44.1. The first kappa shape index (κ1) is 41.9. The number of hydrogen-bond acceptors (Lipinski definition) is 11. The molecule has 0 saturated carbocycles. The third-order valence-corrected chi connectivity index (χ3v) is 9.47. The smallest absolute Gasteiger partial charge is 0.262 e. The lowest BCUT2D eigenvalue weighted by molar-refractivity contribution is 0.355. The number of rotatable bonds is 10. The highest BCUT2D eigenvalue weighted by molar-refractivity contribution is 5.88. The van der Waals surface area contributed by atoms with Gasteiger partial charge >= 0.3 is 0 Å². The predicted octanol–water partition coefficient (Wildman–Crippen LogP) is 9.00.